The van der Waals surface area contributed by atoms with Gasteiger partial charge in [0.25, 0.3) is 0 Å². The van der Waals surface area contributed by atoms with Crippen LogP contribution in [0.1, 0.15) is 11.0 Å². The van der Waals surface area contributed by atoms with Gasteiger partial charge in [-0.3, -0.25) is 0 Å². The lowest BCUT2D eigenvalue weighted by molar-refractivity contribution is 0.476. The fraction of sp³-hybridized carbons (Fsp3) is 0. The van der Waals surface area contributed by atoms with Gasteiger partial charge in [0.1, 0.15) is 0 Å². The third-order valence-corrected chi connectivity index (χ3v) is 7.57. The lowest BCUT2D eigenvalue weighted by Gasteiger charge is -2.21. The number of fused-ring (bicyclic) bond motifs is 8. The van der Waals surface area contributed by atoms with Gasteiger partial charge in [0.2, 0.25) is 0 Å². The highest BCUT2D eigenvalue weighted by Crippen LogP contribution is 2.46. The quantitative estimate of drug-likeness (QED) is 0.228. The van der Waals surface area contributed by atoms with Crippen LogP contribution >= 0.6 is 0 Å². The second kappa shape index (κ2) is 7.62. The van der Waals surface area contributed by atoms with Crippen LogP contribution in [0.3, 0.4) is 0 Å². The van der Waals surface area contributed by atoms with Crippen LogP contribution in [0, 0.1) is 0 Å². The minimum atomic E-state index is -0.462. The van der Waals surface area contributed by atoms with Gasteiger partial charge in [-0.1, -0.05) is 84.8 Å². The summed E-state index contributed by atoms with van der Waals surface area (Å²) in [6, 6.07) is 24.6. The van der Waals surface area contributed by atoms with Gasteiger partial charge in [0, 0.05) is 27.2 Å². The average molecular weight is 507 g/mol. The first-order valence-corrected chi connectivity index (χ1v) is 12.6. The van der Waals surface area contributed by atoms with E-state index in [0.29, 0.717) is 5.69 Å². The minimum Gasteiger partial charge on any atom is -0.453 e. The van der Waals surface area contributed by atoms with Crippen molar-refractivity contribution < 1.29 is 15.7 Å². The summed E-state index contributed by atoms with van der Waals surface area (Å²) in [5, 5.41) is 2.36. The molecule has 8 aromatic rings. The smallest absolute Gasteiger partial charge is 0.152 e. The molecule has 0 amide bonds. The summed E-state index contributed by atoms with van der Waals surface area (Å²) in [5.74, 6) is 1.53. The van der Waals surface area contributed by atoms with Gasteiger partial charge in [0.05, 0.1) is 38.7 Å². The molecular formula is C36H22N2O. The maximum absolute atomic E-state index is 8.76. The van der Waals surface area contributed by atoms with Crippen LogP contribution in [0.25, 0.3) is 66.1 Å². The molecule has 2 aromatic heterocycles. The van der Waals surface area contributed by atoms with Crippen LogP contribution < -0.4 is 4.74 Å². The number of ether oxygens (including phenoxy) is 1. The zero-order chi connectivity index (χ0) is 32.5. The van der Waals surface area contributed by atoms with Crippen molar-refractivity contribution in [1.29, 1.82) is 0 Å². The molecule has 3 heterocycles. The summed E-state index contributed by atoms with van der Waals surface area (Å²) in [5.41, 5.74) is 5.49. The van der Waals surface area contributed by atoms with E-state index < -0.39 is 24.2 Å². The highest BCUT2D eigenvalue weighted by molar-refractivity contribution is 6.12. The van der Waals surface area contributed by atoms with E-state index in [1.54, 1.807) is 12.1 Å². The van der Waals surface area contributed by atoms with Crippen molar-refractivity contribution in [2.45, 2.75) is 0 Å². The third-order valence-electron chi connectivity index (χ3n) is 7.57. The zero-order valence-corrected chi connectivity index (χ0v) is 20.4. The van der Waals surface area contributed by atoms with Crippen LogP contribution in [-0.4, -0.2) is 9.13 Å². The predicted octanol–water partition coefficient (Wildman–Crippen LogP) is 9.65. The van der Waals surface area contributed by atoms with Crippen molar-refractivity contribution in [2.24, 2.45) is 0 Å². The molecule has 0 radical (unpaired) electrons. The summed E-state index contributed by atoms with van der Waals surface area (Å²) < 4.78 is 78.2. The molecule has 0 saturated heterocycles. The van der Waals surface area contributed by atoms with Gasteiger partial charge in [-0.25, -0.2) is 0 Å². The molecule has 0 bridgehead atoms. The van der Waals surface area contributed by atoms with Crippen molar-refractivity contribution in [1.82, 2.24) is 9.13 Å². The Balaban J connectivity index is 1.25. The maximum atomic E-state index is 8.76. The molecule has 1 aliphatic heterocycles. The molecule has 0 aliphatic carbocycles. The maximum Gasteiger partial charge on any atom is 0.152 e. The van der Waals surface area contributed by atoms with Gasteiger partial charge < -0.3 is 13.9 Å². The molecule has 0 fully saturated rings. The molecule has 0 spiro atoms. The molecular weight excluding hydrogens is 476 g/mol. The Hall–Kier alpha value is -5.28. The minimum absolute atomic E-state index is 0.0577. The number of benzene rings is 6. The number of hydrogen-bond acceptors (Lipinski definition) is 1. The van der Waals surface area contributed by atoms with Crippen LogP contribution in [0.2, 0.25) is 0 Å². The molecule has 0 saturated carbocycles. The monoisotopic (exact) mass is 506 g/mol. The van der Waals surface area contributed by atoms with E-state index >= 15 is 0 Å². The highest BCUT2D eigenvalue weighted by atomic mass is 16.5. The average Bonchev–Trinajstić information content (AvgIpc) is 3.64. The van der Waals surface area contributed by atoms with E-state index in [1.165, 1.54) is 4.57 Å². The van der Waals surface area contributed by atoms with E-state index in [0.717, 1.165) is 50.1 Å². The van der Waals surface area contributed by atoms with E-state index in [2.05, 4.69) is 28.8 Å². The number of para-hydroxylation sites is 4. The van der Waals surface area contributed by atoms with Gasteiger partial charge in [-0.2, -0.15) is 0 Å². The molecule has 9 rings (SSSR count). The summed E-state index contributed by atoms with van der Waals surface area (Å²) in [7, 11) is 0. The summed E-state index contributed by atoms with van der Waals surface area (Å²) in [4.78, 5) is 0. The van der Waals surface area contributed by atoms with Crippen molar-refractivity contribution in [3.8, 4) is 34.0 Å². The molecule has 39 heavy (non-hydrogen) atoms. The molecule has 0 unspecified atom stereocenters. The van der Waals surface area contributed by atoms with Gasteiger partial charge in [0.15, 0.2) is 11.5 Å². The van der Waals surface area contributed by atoms with Gasteiger partial charge >= 0.3 is 0 Å². The lowest BCUT2D eigenvalue weighted by Crippen LogP contribution is -2.04. The fourth-order valence-corrected chi connectivity index (χ4v) is 5.88. The Kier molecular flexibility index (Phi) is 2.85. The highest BCUT2D eigenvalue weighted by Gasteiger charge is 2.23. The molecule has 3 nitrogen and oxygen atoms in total. The topological polar surface area (TPSA) is 19.1 Å². The molecule has 6 aromatic carbocycles. The van der Waals surface area contributed by atoms with Crippen molar-refractivity contribution in [3.63, 3.8) is 0 Å². The van der Waals surface area contributed by atoms with E-state index in [1.807, 2.05) is 48.5 Å². The van der Waals surface area contributed by atoms with E-state index in [9.17, 15) is 0 Å². The Morgan fingerprint density at radius 2 is 1.21 bits per heavy atom. The SMILES string of the molecule is [2H]c1c([2H])c([2H])c2c(c1[2H])c1c([2H])c([2H])c([2H])c([2H])c1n2-c1ccc(-c2ccc3c(c2)-n2c4ccccc4c4cccc(c42)O3)cc1. The predicted molar refractivity (Wildman–Crippen MR) is 161 cm³/mol. The number of nitrogens with zero attached hydrogens (tertiary/aromatic N) is 2. The first-order valence-electron chi connectivity index (χ1n) is 16.6. The van der Waals surface area contributed by atoms with Crippen LogP contribution in [0.4, 0.5) is 0 Å². The van der Waals surface area contributed by atoms with Crippen molar-refractivity contribution in [2.75, 3.05) is 0 Å². The summed E-state index contributed by atoms with van der Waals surface area (Å²) >= 11 is 0. The largest absolute Gasteiger partial charge is 0.453 e. The Labute approximate surface area is 236 Å². The lowest BCUT2D eigenvalue weighted by atomic mass is 10.0. The normalized spacial score (nSPS) is 15.2. The van der Waals surface area contributed by atoms with E-state index in [-0.39, 0.29) is 46.0 Å². The number of rotatable bonds is 2. The third kappa shape index (κ3) is 2.82. The molecule has 3 heteroatoms. The van der Waals surface area contributed by atoms with Crippen LogP contribution in [0.15, 0.2) is 133 Å². The van der Waals surface area contributed by atoms with Crippen molar-refractivity contribution in [3.05, 3.63) is 133 Å². The van der Waals surface area contributed by atoms with Crippen molar-refractivity contribution >= 4 is 43.6 Å². The first-order chi connectivity index (χ1) is 22.7. The van der Waals surface area contributed by atoms with E-state index in [4.69, 9.17) is 15.7 Å². The number of hydrogen-bond donors (Lipinski definition) is 0. The Bertz CT molecular complexity index is 2620. The van der Waals surface area contributed by atoms with Gasteiger partial charge in [-0.05, 0) is 59.6 Å². The van der Waals surface area contributed by atoms with Crippen LogP contribution in [-0.2, 0) is 0 Å². The van der Waals surface area contributed by atoms with Gasteiger partial charge in [-0.15, -0.1) is 0 Å². The molecule has 1 aliphatic rings. The first kappa shape index (κ1) is 14.6. The Morgan fingerprint density at radius 1 is 0.513 bits per heavy atom. The standard InChI is InChI=1S/C36H22N2O/c1-4-12-30-26(8-1)27-9-2-5-13-31(27)37(30)25-19-16-23(17-20-25)24-18-21-34-33(22-24)38-32-14-6-3-10-28(32)29-11-7-15-35(39-34)36(29)38/h1-22H/i1D,2D,4D,5D,8D,9D,12D,13D. The zero-order valence-electron chi connectivity index (χ0n) is 28.4. The second-order valence-electron chi connectivity index (χ2n) is 9.62. The molecule has 182 valence electrons. The van der Waals surface area contributed by atoms with Crippen LogP contribution in [0.5, 0.6) is 11.5 Å². The Morgan fingerprint density at radius 3 is 2.00 bits per heavy atom. The second-order valence-corrected chi connectivity index (χ2v) is 9.62. The molecule has 0 N–H and O–H groups in total. The summed E-state index contributed by atoms with van der Waals surface area (Å²) in [6.45, 7) is 0. The number of aromatic nitrogens is 2. The summed E-state index contributed by atoms with van der Waals surface area (Å²) in [6.07, 6.45) is 0. The molecule has 0 atom stereocenters. The fourth-order valence-electron chi connectivity index (χ4n) is 5.88.